The van der Waals surface area contributed by atoms with Gasteiger partial charge in [-0.3, -0.25) is 0 Å². The lowest BCUT2D eigenvalue weighted by Gasteiger charge is -2.13. The molecule has 0 radical (unpaired) electrons. The van der Waals surface area contributed by atoms with Crippen molar-refractivity contribution in [2.75, 3.05) is 0 Å². The number of aryl methyl sites for hydroxylation is 2. The first-order valence-electron chi connectivity index (χ1n) is 5.65. The van der Waals surface area contributed by atoms with E-state index in [2.05, 4.69) is 50.9 Å². The van der Waals surface area contributed by atoms with Crippen molar-refractivity contribution in [2.24, 2.45) is 0 Å². The van der Waals surface area contributed by atoms with Crippen LogP contribution in [0.4, 0.5) is 4.39 Å². The van der Waals surface area contributed by atoms with Crippen LogP contribution < -0.4 is 0 Å². The second-order valence-electron chi connectivity index (χ2n) is 4.38. The third-order valence-electron chi connectivity index (χ3n) is 2.95. The van der Waals surface area contributed by atoms with E-state index in [1.54, 1.807) is 6.92 Å². The summed E-state index contributed by atoms with van der Waals surface area (Å²) in [4.78, 5) is 0.0867. The van der Waals surface area contributed by atoms with Gasteiger partial charge < -0.3 is 0 Å². The smallest absolute Gasteiger partial charge is 0.126 e. The SMILES string of the molecule is Cc1cc(C(Br)c2ccc(Br)c(C)c2)ccc1F. The van der Waals surface area contributed by atoms with Gasteiger partial charge in [0.25, 0.3) is 0 Å². The molecule has 0 N–H and O–H groups in total. The Morgan fingerprint density at radius 1 is 0.944 bits per heavy atom. The standard InChI is InChI=1S/C15H13Br2F/c1-9-7-11(3-5-13(9)16)15(17)12-4-6-14(18)10(2)8-12/h3-8,15H,1-2H3. The third kappa shape index (κ3) is 2.83. The van der Waals surface area contributed by atoms with E-state index in [0.29, 0.717) is 5.56 Å². The molecule has 0 aliphatic heterocycles. The van der Waals surface area contributed by atoms with Crippen molar-refractivity contribution < 1.29 is 4.39 Å². The summed E-state index contributed by atoms with van der Waals surface area (Å²) >= 11 is 7.16. The average Bonchev–Trinajstić information content (AvgIpc) is 2.35. The molecule has 94 valence electrons. The second kappa shape index (κ2) is 5.54. The molecule has 1 unspecified atom stereocenters. The highest BCUT2D eigenvalue weighted by Gasteiger charge is 2.12. The fraction of sp³-hybridized carbons (Fsp3) is 0.200. The van der Waals surface area contributed by atoms with Gasteiger partial charge in [0.05, 0.1) is 4.83 Å². The monoisotopic (exact) mass is 370 g/mol. The molecule has 0 spiro atoms. The second-order valence-corrected chi connectivity index (χ2v) is 6.15. The van der Waals surface area contributed by atoms with Crippen LogP contribution in [0.25, 0.3) is 0 Å². The summed E-state index contributed by atoms with van der Waals surface area (Å²) in [7, 11) is 0. The predicted octanol–water partition coefficient (Wildman–Crippen LogP) is 5.69. The maximum Gasteiger partial charge on any atom is 0.126 e. The van der Waals surface area contributed by atoms with Gasteiger partial charge in [0.15, 0.2) is 0 Å². The highest BCUT2D eigenvalue weighted by molar-refractivity contribution is 9.10. The number of hydrogen-bond acceptors (Lipinski definition) is 0. The molecule has 0 saturated heterocycles. The zero-order valence-electron chi connectivity index (χ0n) is 10.2. The minimum absolute atomic E-state index is 0.0867. The van der Waals surface area contributed by atoms with Gasteiger partial charge in [-0.15, -0.1) is 0 Å². The van der Waals surface area contributed by atoms with Crippen molar-refractivity contribution in [3.8, 4) is 0 Å². The van der Waals surface area contributed by atoms with E-state index < -0.39 is 0 Å². The van der Waals surface area contributed by atoms with E-state index in [1.165, 1.54) is 17.2 Å². The van der Waals surface area contributed by atoms with Gasteiger partial charge >= 0.3 is 0 Å². The van der Waals surface area contributed by atoms with Crippen molar-refractivity contribution >= 4 is 31.9 Å². The molecule has 0 aliphatic carbocycles. The van der Waals surface area contributed by atoms with Crippen molar-refractivity contribution in [2.45, 2.75) is 18.7 Å². The van der Waals surface area contributed by atoms with Crippen LogP contribution in [0.5, 0.6) is 0 Å². The van der Waals surface area contributed by atoms with E-state index in [1.807, 2.05) is 18.2 Å². The summed E-state index contributed by atoms with van der Waals surface area (Å²) in [5.41, 5.74) is 4.10. The van der Waals surface area contributed by atoms with Crippen molar-refractivity contribution in [1.29, 1.82) is 0 Å². The molecular weight excluding hydrogens is 359 g/mol. The molecule has 0 nitrogen and oxygen atoms in total. The summed E-state index contributed by atoms with van der Waals surface area (Å²) in [6.07, 6.45) is 0. The van der Waals surface area contributed by atoms with Gasteiger partial charge in [0, 0.05) is 4.47 Å². The van der Waals surface area contributed by atoms with E-state index in [-0.39, 0.29) is 10.6 Å². The third-order valence-corrected chi connectivity index (χ3v) is 4.90. The molecule has 0 heterocycles. The minimum Gasteiger partial charge on any atom is -0.207 e. The van der Waals surface area contributed by atoms with Crippen LogP contribution in [0.2, 0.25) is 0 Å². The first-order valence-corrected chi connectivity index (χ1v) is 7.36. The molecule has 2 aromatic rings. The first-order chi connectivity index (χ1) is 8.49. The Balaban J connectivity index is 2.37. The Morgan fingerprint density at radius 2 is 1.50 bits per heavy atom. The van der Waals surface area contributed by atoms with Crippen LogP contribution >= 0.6 is 31.9 Å². The number of benzene rings is 2. The average molecular weight is 372 g/mol. The van der Waals surface area contributed by atoms with Crippen LogP contribution in [0.1, 0.15) is 27.1 Å². The van der Waals surface area contributed by atoms with E-state index in [4.69, 9.17) is 0 Å². The summed E-state index contributed by atoms with van der Waals surface area (Å²) in [6.45, 7) is 3.84. The topological polar surface area (TPSA) is 0 Å². The summed E-state index contributed by atoms with van der Waals surface area (Å²) in [5, 5.41) is 0. The van der Waals surface area contributed by atoms with E-state index in [9.17, 15) is 4.39 Å². The Bertz CT molecular complexity index is 527. The molecule has 1 atom stereocenters. The number of rotatable bonds is 2. The first kappa shape index (κ1) is 13.8. The molecule has 0 bridgehead atoms. The van der Waals surface area contributed by atoms with Crippen LogP contribution in [0.15, 0.2) is 40.9 Å². The predicted molar refractivity (Wildman–Crippen MR) is 80.8 cm³/mol. The maximum absolute atomic E-state index is 13.3. The molecule has 0 aromatic heterocycles. The molecule has 0 fully saturated rings. The van der Waals surface area contributed by atoms with Crippen molar-refractivity contribution in [3.63, 3.8) is 0 Å². The lowest BCUT2D eigenvalue weighted by atomic mass is 10.0. The summed E-state index contributed by atoms with van der Waals surface area (Å²) < 4.78 is 14.4. The number of hydrogen-bond donors (Lipinski definition) is 0. The Labute approximate surface area is 123 Å². The largest absolute Gasteiger partial charge is 0.207 e. The number of halogens is 3. The molecular formula is C15H13Br2F. The number of alkyl halides is 1. The van der Waals surface area contributed by atoms with Crippen molar-refractivity contribution in [1.82, 2.24) is 0 Å². The highest BCUT2D eigenvalue weighted by Crippen LogP contribution is 2.33. The van der Waals surface area contributed by atoms with Gasteiger partial charge in [-0.25, -0.2) is 4.39 Å². The lowest BCUT2D eigenvalue weighted by Crippen LogP contribution is -1.95. The highest BCUT2D eigenvalue weighted by atomic mass is 79.9. The maximum atomic E-state index is 13.3. The molecule has 0 saturated carbocycles. The lowest BCUT2D eigenvalue weighted by molar-refractivity contribution is 0.618. The van der Waals surface area contributed by atoms with Crippen LogP contribution in [-0.4, -0.2) is 0 Å². The molecule has 2 aromatic carbocycles. The quantitative estimate of drug-likeness (QED) is 0.595. The van der Waals surface area contributed by atoms with Gasteiger partial charge in [-0.1, -0.05) is 56.1 Å². The molecule has 0 aliphatic rings. The van der Waals surface area contributed by atoms with E-state index >= 15 is 0 Å². The van der Waals surface area contributed by atoms with Crippen LogP contribution in [0, 0.1) is 19.7 Å². The van der Waals surface area contributed by atoms with Gasteiger partial charge in [-0.05, 0) is 48.2 Å². The van der Waals surface area contributed by atoms with Crippen LogP contribution in [0.3, 0.4) is 0 Å². The normalized spacial score (nSPS) is 12.5. The summed E-state index contributed by atoms with van der Waals surface area (Å²) in [6, 6.07) is 11.4. The summed E-state index contributed by atoms with van der Waals surface area (Å²) in [5.74, 6) is -0.162. The molecule has 2 rings (SSSR count). The zero-order chi connectivity index (χ0) is 13.3. The molecule has 3 heteroatoms. The molecule has 0 amide bonds. The van der Waals surface area contributed by atoms with Gasteiger partial charge in [-0.2, -0.15) is 0 Å². The van der Waals surface area contributed by atoms with Gasteiger partial charge in [0.2, 0.25) is 0 Å². The van der Waals surface area contributed by atoms with Gasteiger partial charge in [0.1, 0.15) is 5.82 Å². The molecule has 18 heavy (non-hydrogen) atoms. The van der Waals surface area contributed by atoms with Crippen molar-refractivity contribution in [3.05, 3.63) is 68.9 Å². The Morgan fingerprint density at radius 3 is 2.06 bits per heavy atom. The zero-order valence-corrected chi connectivity index (χ0v) is 13.3. The van der Waals surface area contributed by atoms with E-state index in [0.717, 1.165) is 10.0 Å². The fourth-order valence-corrected chi connectivity index (χ4v) is 2.66. The Kier molecular flexibility index (Phi) is 4.23. The van der Waals surface area contributed by atoms with Crippen LogP contribution in [-0.2, 0) is 0 Å². The minimum atomic E-state index is -0.162. The fourth-order valence-electron chi connectivity index (χ4n) is 1.84. The Hall–Kier alpha value is -0.670.